The molecule has 2 atom stereocenters. The Kier molecular flexibility index (Phi) is 5.70. The Morgan fingerprint density at radius 1 is 1.29 bits per heavy atom. The van der Waals surface area contributed by atoms with Crippen LogP contribution in [0.25, 0.3) is 0 Å². The molecule has 0 radical (unpaired) electrons. The monoisotopic (exact) mass is 477 g/mol. The van der Waals surface area contributed by atoms with E-state index in [1.54, 1.807) is 25.4 Å². The van der Waals surface area contributed by atoms with Crippen LogP contribution in [0.15, 0.2) is 52.1 Å². The van der Waals surface area contributed by atoms with E-state index < -0.39 is 11.5 Å². The van der Waals surface area contributed by atoms with Crippen LogP contribution in [0.4, 0.5) is 0 Å². The number of pyridine rings is 1. The lowest BCUT2D eigenvalue weighted by Crippen LogP contribution is -2.36. The molecule has 2 aliphatic heterocycles. The number of aliphatic carboxylic acids is 1. The Balaban J connectivity index is 1.94. The van der Waals surface area contributed by atoms with E-state index in [0.29, 0.717) is 26.0 Å². The van der Waals surface area contributed by atoms with Crippen LogP contribution >= 0.6 is 35.0 Å². The van der Waals surface area contributed by atoms with Gasteiger partial charge in [0.15, 0.2) is 5.17 Å². The molecule has 0 saturated carbocycles. The normalized spacial score (nSPS) is 22.7. The molecule has 1 aromatic carbocycles. The highest BCUT2D eigenvalue weighted by atomic mass is 35.5. The zero-order valence-electron chi connectivity index (χ0n) is 17.4. The van der Waals surface area contributed by atoms with E-state index in [0.717, 1.165) is 16.8 Å². The molecule has 0 bridgehead atoms. The van der Waals surface area contributed by atoms with Crippen molar-refractivity contribution in [1.29, 1.82) is 0 Å². The second-order valence-electron chi connectivity index (χ2n) is 7.85. The molecule has 1 aromatic heterocycles. The van der Waals surface area contributed by atoms with Crippen molar-refractivity contribution < 1.29 is 14.6 Å². The zero-order valence-corrected chi connectivity index (χ0v) is 19.7. The molecule has 0 saturated heterocycles. The Morgan fingerprint density at radius 2 is 2.03 bits per heavy atom. The zero-order chi connectivity index (χ0) is 22.5. The molecule has 31 heavy (non-hydrogen) atoms. The molecule has 9 heteroatoms. The van der Waals surface area contributed by atoms with Crippen LogP contribution in [-0.4, -0.2) is 33.2 Å². The average molecular weight is 478 g/mol. The van der Waals surface area contributed by atoms with E-state index in [-0.39, 0.29) is 12.0 Å². The van der Waals surface area contributed by atoms with E-state index >= 15 is 0 Å². The molecule has 1 N–H and O–H groups in total. The van der Waals surface area contributed by atoms with Crippen molar-refractivity contribution in [2.45, 2.75) is 32.4 Å². The lowest BCUT2D eigenvalue weighted by atomic mass is 9.81. The second kappa shape index (κ2) is 8.04. The molecule has 3 heterocycles. The summed E-state index contributed by atoms with van der Waals surface area (Å²) in [4.78, 5) is 23.6. The second-order valence-corrected chi connectivity index (χ2v) is 9.63. The van der Waals surface area contributed by atoms with Crippen LogP contribution in [0.5, 0.6) is 5.75 Å². The van der Waals surface area contributed by atoms with Crippen LogP contribution in [-0.2, 0) is 10.3 Å². The van der Waals surface area contributed by atoms with Gasteiger partial charge in [-0.05, 0) is 48.4 Å². The fourth-order valence-electron chi connectivity index (χ4n) is 4.15. The minimum absolute atomic E-state index is 0.0197. The van der Waals surface area contributed by atoms with Crippen molar-refractivity contribution in [3.05, 3.63) is 68.4 Å². The molecule has 2 aliphatic rings. The summed E-state index contributed by atoms with van der Waals surface area (Å²) >= 11 is 13.5. The number of halogens is 2. The molecular formula is C22H21Cl2N3O3S. The van der Waals surface area contributed by atoms with Gasteiger partial charge in [0, 0.05) is 17.5 Å². The predicted octanol–water partition coefficient (Wildman–Crippen LogP) is 5.72. The highest BCUT2D eigenvalue weighted by Gasteiger charge is 2.53. The Labute approximate surface area is 194 Å². The largest absolute Gasteiger partial charge is 0.495 e. The minimum atomic E-state index is -0.951. The number of thioether (sulfide) groups is 1. The number of aliphatic imine (C=N–C) groups is 1. The molecule has 0 aliphatic carbocycles. The third-order valence-corrected chi connectivity index (χ3v) is 7.15. The van der Waals surface area contributed by atoms with Crippen LogP contribution in [0.1, 0.15) is 37.9 Å². The third kappa shape index (κ3) is 3.58. The Bertz CT molecular complexity index is 1120. The van der Waals surface area contributed by atoms with Gasteiger partial charge in [0.25, 0.3) is 0 Å². The first kappa shape index (κ1) is 22.0. The lowest BCUT2D eigenvalue weighted by molar-refractivity contribution is -0.131. The number of hydrogen-bond donors (Lipinski definition) is 1. The number of fused-ring (bicyclic) bond motifs is 1. The predicted molar refractivity (Wildman–Crippen MR) is 124 cm³/mol. The number of carboxylic acid groups (broad SMARTS) is 1. The molecule has 0 spiro atoms. The van der Waals surface area contributed by atoms with Crippen LogP contribution in [0.2, 0.25) is 10.2 Å². The summed E-state index contributed by atoms with van der Waals surface area (Å²) in [6, 6.07) is 8.92. The van der Waals surface area contributed by atoms with E-state index in [9.17, 15) is 9.90 Å². The number of ether oxygens (including phenoxy) is 1. The van der Waals surface area contributed by atoms with Gasteiger partial charge in [-0.15, -0.1) is 0 Å². The van der Waals surface area contributed by atoms with Crippen molar-refractivity contribution in [2.24, 2.45) is 10.9 Å². The summed E-state index contributed by atoms with van der Waals surface area (Å²) in [7, 11) is 1.57. The summed E-state index contributed by atoms with van der Waals surface area (Å²) in [6.07, 6.45) is 1.72. The topological polar surface area (TPSA) is 75.0 Å². The molecule has 2 aromatic rings. The van der Waals surface area contributed by atoms with Crippen LogP contribution in [0.3, 0.4) is 0 Å². The van der Waals surface area contributed by atoms with Gasteiger partial charge < -0.3 is 14.7 Å². The van der Waals surface area contributed by atoms with E-state index in [1.165, 1.54) is 11.8 Å². The summed E-state index contributed by atoms with van der Waals surface area (Å²) < 4.78 is 5.45. The number of rotatable bonds is 5. The van der Waals surface area contributed by atoms with Crippen molar-refractivity contribution in [3.8, 4) is 5.75 Å². The standard InChI is InChI=1S/C22H21Cl2N3O3S/c1-11(2)17-18(20(28)29)31-21-26-22(3,13-6-8-16(24)25-10-13)19(27(17)21)12-5-7-14(23)15(9-12)30-4/h5-11,19H,1-4H3,(H,28,29)/t19-,22+/m1/s1. The van der Waals surface area contributed by atoms with Gasteiger partial charge in [-0.25, -0.2) is 14.8 Å². The maximum absolute atomic E-state index is 12.0. The molecule has 0 amide bonds. The highest BCUT2D eigenvalue weighted by molar-refractivity contribution is 8.18. The van der Waals surface area contributed by atoms with Crippen molar-refractivity contribution in [3.63, 3.8) is 0 Å². The van der Waals surface area contributed by atoms with Gasteiger partial charge in [-0.1, -0.05) is 49.2 Å². The summed E-state index contributed by atoms with van der Waals surface area (Å²) in [5.74, 6) is -0.425. The van der Waals surface area contributed by atoms with Crippen molar-refractivity contribution in [2.75, 3.05) is 7.11 Å². The average Bonchev–Trinajstić information content (AvgIpc) is 3.22. The van der Waals surface area contributed by atoms with Gasteiger partial charge in [-0.3, -0.25) is 0 Å². The molecular weight excluding hydrogens is 457 g/mol. The SMILES string of the molecule is COc1cc([C@H]2N3C(=N[C@@]2(C)c2ccc(Cl)nc2)SC(C(=O)O)=C3C(C)C)ccc1Cl. The first-order valence-electron chi connectivity index (χ1n) is 9.67. The van der Waals surface area contributed by atoms with E-state index in [1.807, 2.05) is 43.9 Å². The molecule has 162 valence electrons. The van der Waals surface area contributed by atoms with E-state index in [2.05, 4.69) is 4.98 Å². The van der Waals surface area contributed by atoms with Gasteiger partial charge in [0.1, 0.15) is 21.3 Å². The number of carbonyl (C=O) groups is 1. The van der Waals surface area contributed by atoms with Gasteiger partial charge >= 0.3 is 5.97 Å². The summed E-state index contributed by atoms with van der Waals surface area (Å²) in [6.45, 7) is 6.00. The fourth-order valence-corrected chi connectivity index (χ4v) is 5.71. The highest BCUT2D eigenvalue weighted by Crippen LogP contribution is 2.56. The number of methoxy groups -OCH3 is 1. The van der Waals surface area contributed by atoms with Crippen LogP contribution in [0, 0.1) is 5.92 Å². The van der Waals surface area contributed by atoms with Gasteiger partial charge in [0.2, 0.25) is 0 Å². The smallest absolute Gasteiger partial charge is 0.344 e. The maximum Gasteiger partial charge on any atom is 0.344 e. The maximum atomic E-state index is 12.0. The number of hydrogen-bond acceptors (Lipinski definition) is 6. The summed E-state index contributed by atoms with van der Waals surface area (Å²) in [5.41, 5.74) is 1.78. The van der Waals surface area contributed by atoms with Crippen molar-refractivity contribution in [1.82, 2.24) is 9.88 Å². The number of carboxylic acids is 1. The Hall–Kier alpha value is -2.22. The number of allylic oxidation sites excluding steroid dienone is 1. The molecule has 4 rings (SSSR count). The Morgan fingerprint density at radius 3 is 2.61 bits per heavy atom. The first-order valence-corrected chi connectivity index (χ1v) is 11.2. The van der Waals surface area contributed by atoms with Crippen molar-refractivity contribution >= 4 is 46.1 Å². The molecule has 6 nitrogen and oxygen atoms in total. The number of aromatic nitrogens is 1. The van der Waals surface area contributed by atoms with Crippen LogP contribution < -0.4 is 4.74 Å². The van der Waals surface area contributed by atoms with Gasteiger partial charge in [0.05, 0.1) is 18.2 Å². The number of benzene rings is 1. The van der Waals surface area contributed by atoms with E-state index in [4.69, 9.17) is 32.9 Å². The fraction of sp³-hybridized carbons (Fsp3) is 0.318. The summed E-state index contributed by atoms with van der Waals surface area (Å²) in [5, 5.41) is 11.4. The quantitative estimate of drug-likeness (QED) is 0.554. The lowest BCUT2D eigenvalue weighted by Gasteiger charge is -2.37. The number of amidine groups is 1. The molecule has 0 fully saturated rings. The molecule has 0 unspecified atom stereocenters. The first-order chi connectivity index (χ1) is 14.7. The third-order valence-electron chi connectivity index (χ3n) is 5.55. The minimum Gasteiger partial charge on any atom is -0.495 e. The van der Waals surface area contributed by atoms with Gasteiger partial charge in [-0.2, -0.15) is 0 Å². The number of nitrogens with zero attached hydrogens (tertiary/aromatic N) is 3.